The number of sulfonamides is 1. The minimum atomic E-state index is -4.94. The number of carboxylic acids is 1. The highest BCUT2D eigenvalue weighted by molar-refractivity contribution is 7.89. The summed E-state index contributed by atoms with van der Waals surface area (Å²) in [6.45, 7) is 1.18. The predicted molar refractivity (Wildman–Crippen MR) is 116 cm³/mol. The van der Waals surface area contributed by atoms with Crippen molar-refractivity contribution in [3.8, 4) is 5.75 Å². The first-order valence-corrected chi connectivity index (χ1v) is 12.3. The molecule has 1 aliphatic heterocycles. The molecule has 11 nitrogen and oxygen atoms in total. The summed E-state index contributed by atoms with van der Waals surface area (Å²) in [6, 6.07) is 2.05. The van der Waals surface area contributed by atoms with E-state index in [4.69, 9.17) is 0 Å². The highest BCUT2D eigenvalue weighted by atomic mass is 32.2. The van der Waals surface area contributed by atoms with Gasteiger partial charge in [0.25, 0.3) is 0 Å². The van der Waals surface area contributed by atoms with E-state index in [1.807, 2.05) is 0 Å². The molecule has 2 aromatic heterocycles. The number of rotatable bonds is 6. The van der Waals surface area contributed by atoms with E-state index in [1.165, 1.54) is 24.5 Å². The van der Waals surface area contributed by atoms with Crippen molar-refractivity contribution in [2.24, 2.45) is 0 Å². The Hall–Kier alpha value is -3.08. The lowest BCUT2D eigenvalue weighted by Crippen LogP contribution is -2.58. The topological polar surface area (TPSA) is 146 Å². The molecule has 3 heterocycles. The maximum absolute atomic E-state index is 13.1. The minimum absolute atomic E-state index is 0.106. The van der Waals surface area contributed by atoms with Crippen LogP contribution in [0.15, 0.2) is 35.4 Å². The minimum Gasteiger partial charge on any atom is -0.480 e. The van der Waals surface area contributed by atoms with E-state index in [1.54, 1.807) is 4.90 Å². The number of halogens is 3. The second-order valence-corrected chi connectivity index (χ2v) is 10.4. The molecule has 0 aliphatic carbocycles. The van der Waals surface area contributed by atoms with Crippen molar-refractivity contribution in [2.75, 3.05) is 24.5 Å². The third-order valence-corrected chi connectivity index (χ3v) is 8.04. The Morgan fingerprint density at radius 1 is 1.23 bits per heavy atom. The van der Waals surface area contributed by atoms with Crippen molar-refractivity contribution in [3.63, 3.8) is 0 Å². The molecule has 0 bridgehead atoms. The first kappa shape index (κ1) is 25.0. The van der Waals surface area contributed by atoms with Crippen molar-refractivity contribution in [1.82, 2.24) is 19.3 Å². The fourth-order valence-corrected chi connectivity index (χ4v) is 5.93. The van der Waals surface area contributed by atoms with Gasteiger partial charge in [-0.2, -0.15) is 9.29 Å². The Bertz CT molecular complexity index is 1350. The quantitative estimate of drug-likeness (QED) is 0.482. The second-order valence-electron chi connectivity index (χ2n) is 7.52. The molecule has 2 N–H and O–H groups in total. The highest BCUT2D eigenvalue weighted by Crippen LogP contribution is 2.32. The van der Waals surface area contributed by atoms with Crippen LogP contribution in [-0.2, 0) is 14.8 Å². The van der Waals surface area contributed by atoms with Gasteiger partial charge in [0.1, 0.15) is 17.9 Å². The summed E-state index contributed by atoms with van der Waals surface area (Å²) < 4.78 is 68.5. The normalized spacial score (nSPS) is 18.5. The van der Waals surface area contributed by atoms with E-state index in [2.05, 4.69) is 19.7 Å². The average Bonchev–Trinajstić information content (AvgIpc) is 3.21. The van der Waals surface area contributed by atoms with Crippen LogP contribution in [0.25, 0.3) is 10.3 Å². The number of alkyl halides is 3. The molecule has 2 atom stereocenters. The number of nitrogens with zero attached hydrogens (tertiary/aromatic N) is 5. The Kier molecular flexibility index (Phi) is 6.56. The van der Waals surface area contributed by atoms with Gasteiger partial charge in [-0.3, -0.25) is 4.79 Å². The molecule has 0 amide bonds. The lowest BCUT2D eigenvalue weighted by molar-refractivity contribution is -0.274. The van der Waals surface area contributed by atoms with Gasteiger partial charge in [0.2, 0.25) is 10.0 Å². The Labute approximate surface area is 200 Å². The summed E-state index contributed by atoms with van der Waals surface area (Å²) in [5.74, 6) is -1.82. The highest BCUT2D eigenvalue weighted by Gasteiger charge is 2.41. The van der Waals surface area contributed by atoms with Gasteiger partial charge < -0.3 is 19.8 Å². The fraction of sp³-hybridized carbons (Fsp3) is 0.368. The van der Waals surface area contributed by atoms with Gasteiger partial charge in [0.05, 0.1) is 15.8 Å². The molecule has 3 aromatic rings. The number of thiazole rings is 1. The van der Waals surface area contributed by atoms with E-state index >= 15 is 0 Å². The lowest BCUT2D eigenvalue weighted by Gasteiger charge is -2.38. The Balaban J connectivity index is 1.56. The average molecular weight is 534 g/mol. The number of aliphatic carboxylic acids is 1. The number of benzene rings is 1. The number of anilines is 1. The van der Waals surface area contributed by atoms with Crippen LogP contribution in [0.4, 0.5) is 18.3 Å². The monoisotopic (exact) mass is 533 g/mol. The van der Waals surface area contributed by atoms with Crippen LogP contribution >= 0.6 is 11.3 Å². The molecule has 1 saturated heterocycles. The lowest BCUT2D eigenvalue weighted by atomic mass is 10.2. The van der Waals surface area contributed by atoms with Gasteiger partial charge in [0.15, 0.2) is 16.6 Å². The summed E-state index contributed by atoms with van der Waals surface area (Å²) in [7, 11) is -4.34. The van der Waals surface area contributed by atoms with Crippen LogP contribution in [-0.4, -0.2) is 75.9 Å². The molecule has 1 aromatic carbocycles. The van der Waals surface area contributed by atoms with Crippen molar-refractivity contribution >= 4 is 42.8 Å². The molecule has 1 fully saturated rings. The largest absolute Gasteiger partial charge is 0.573 e. The van der Waals surface area contributed by atoms with Crippen LogP contribution in [0.1, 0.15) is 18.9 Å². The molecule has 4 rings (SSSR count). The Morgan fingerprint density at radius 3 is 2.51 bits per heavy atom. The molecule has 1 aliphatic rings. The number of aliphatic hydroxyl groups excluding tert-OH is 1. The number of aromatic nitrogens is 3. The second kappa shape index (κ2) is 9.18. The third kappa shape index (κ3) is 5.29. The van der Waals surface area contributed by atoms with Gasteiger partial charge in [-0.1, -0.05) is 11.3 Å². The molecule has 1 unspecified atom stereocenters. The molecular formula is C19H18F3N5O6S2. The molecule has 35 heavy (non-hydrogen) atoms. The molecule has 0 radical (unpaired) electrons. The smallest absolute Gasteiger partial charge is 0.480 e. The number of hydrogen-bond acceptors (Lipinski definition) is 10. The molecule has 0 spiro atoms. The standard InChI is InChI=1S/C19H18F3N5O6S2/c1-10(28)15-23-8-14-16(24-15)25-18(34-14)26-6-7-27(13(9-26)17(29)30)35(31,32)12-4-2-11(3-5-12)33-19(20,21)22/h2-5,8,10,13,28H,6-7,9H2,1H3,(H,29,30)/t10?,13-/m1/s1. The number of hydrogen-bond donors (Lipinski definition) is 2. The fourth-order valence-electron chi connectivity index (χ4n) is 3.45. The predicted octanol–water partition coefficient (Wildman–Crippen LogP) is 2.00. The summed E-state index contributed by atoms with van der Waals surface area (Å²) in [4.78, 5) is 25.8. The van der Waals surface area contributed by atoms with E-state index in [0.29, 0.717) is 15.5 Å². The van der Waals surface area contributed by atoms with Gasteiger partial charge in [-0.25, -0.2) is 18.4 Å². The SMILES string of the molecule is CC(O)c1ncc2sc(N3CCN(S(=O)(=O)c4ccc(OC(F)(F)F)cc4)[C@@H](C(=O)O)C3)nc2n1. The van der Waals surface area contributed by atoms with Crippen molar-refractivity contribution < 1.29 is 41.3 Å². The maximum atomic E-state index is 13.1. The number of ether oxygens (including phenoxy) is 1. The third-order valence-electron chi connectivity index (χ3n) is 5.08. The zero-order chi connectivity index (χ0) is 25.5. The number of fused-ring (bicyclic) bond motifs is 1. The van der Waals surface area contributed by atoms with E-state index in [9.17, 15) is 36.6 Å². The van der Waals surface area contributed by atoms with E-state index in [-0.39, 0.29) is 30.4 Å². The summed E-state index contributed by atoms with van der Waals surface area (Å²) in [6.07, 6.45) is -4.34. The van der Waals surface area contributed by atoms with Crippen LogP contribution in [0, 0.1) is 0 Å². The summed E-state index contributed by atoms with van der Waals surface area (Å²) in [5.41, 5.74) is 0.319. The number of carbonyl (C=O) groups is 1. The van der Waals surface area contributed by atoms with E-state index < -0.39 is 40.3 Å². The van der Waals surface area contributed by atoms with Crippen LogP contribution < -0.4 is 9.64 Å². The molecule has 16 heteroatoms. The van der Waals surface area contributed by atoms with E-state index in [0.717, 1.165) is 28.6 Å². The van der Waals surface area contributed by atoms with Crippen LogP contribution in [0.2, 0.25) is 0 Å². The maximum Gasteiger partial charge on any atom is 0.573 e. The summed E-state index contributed by atoms with van der Waals surface area (Å²) >= 11 is 1.19. The zero-order valence-corrected chi connectivity index (χ0v) is 19.5. The Morgan fingerprint density at radius 2 is 1.91 bits per heavy atom. The van der Waals surface area contributed by atoms with Crippen molar-refractivity contribution in [2.45, 2.75) is 30.3 Å². The van der Waals surface area contributed by atoms with Crippen molar-refractivity contribution in [3.05, 3.63) is 36.3 Å². The number of piperazine rings is 1. The van der Waals surface area contributed by atoms with Crippen molar-refractivity contribution in [1.29, 1.82) is 0 Å². The number of carboxylic acid groups (broad SMARTS) is 1. The van der Waals surface area contributed by atoms with Crippen LogP contribution in [0.3, 0.4) is 0 Å². The first-order chi connectivity index (χ1) is 16.3. The molecular weight excluding hydrogens is 515 g/mol. The van der Waals surface area contributed by atoms with Gasteiger partial charge in [-0.05, 0) is 31.2 Å². The van der Waals surface area contributed by atoms with Gasteiger partial charge >= 0.3 is 12.3 Å². The van der Waals surface area contributed by atoms with Gasteiger partial charge in [-0.15, -0.1) is 13.2 Å². The van der Waals surface area contributed by atoms with Crippen LogP contribution in [0.5, 0.6) is 5.75 Å². The zero-order valence-electron chi connectivity index (χ0n) is 17.9. The molecule has 188 valence electrons. The molecule has 0 saturated carbocycles. The summed E-state index contributed by atoms with van der Waals surface area (Å²) in [5, 5.41) is 19.8. The number of aliphatic hydroxyl groups is 1. The van der Waals surface area contributed by atoms with Gasteiger partial charge in [0, 0.05) is 19.6 Å². The first-order valence-electron chi connectivity index (χ1n) is 10.0.